The van der Waals surface area contributed by atoms with Crippen LogP contribution < -0.4 is 10.6 Å². The van der Waals surface area contributed by atoms with Gasteiger partial charge in [-0.3, -0.25) is 9.69 Å². The number of piperidine rings is 1. The van der Waals surface area contributed by atoms with Gasteiger partial charge in [-0.25, -0.2) is 0 Å². The number of morpholine rings is 1. The molecule has 26 heavy (non-hydrogen) atoms. The van der Waals surface area contributed by atoms with Crippen LogP contribution in [0.15, 0.2) is 24.3 Å². The number of ether oxygens (including phenoxy) is 1. The lowest BCUT2D eigenvalue weighted by molar-refractivity contribution is -0.134. The molecule has 8 heteroatoms. The van der Waals surface area contributed by atoms with Gasteiger partial charge < -0.3 is 20.5 Å². The summed E-state index contributed by atoms with van der Waals surface area (Å²) < 4.78 is 5.48. The summed E-state index contributed by atoms with van der Waals surface area (Å²) in [4.78, 5) is 14.6. The standard InChI is InChI=1S/C18H27N3O3.2ClH/c22-16-5-8-21(9-6-16)13-15-4-2-1-3-14(15)11-20-18(23)17-12-19-7-10-24-17;;/h1-4,16-17,19,22H,5-13H2,(H,20,23);2*1H. The van der Waals surface area contributed by atoms with Crippen molar-refractivity contribution in [3.8, 4) is 0 Å². The molecule has 2 saturated heterocycles. The predicted octanol–water partition coefficient (Wildman–Crippen LogP) is 1.09. The zero-order valence-electron chi connectivity index (χ0n) is 14.9. The van der Waals surface area contributed by atoms with Gasteiger partial charge in [0, 0.05) is 39.3 Å². The third kappa shape index (κ3) is 6.68. The summed E-state index contributed by atoms with van der Waals surface area (Å²) >= 11 is 0. The maximum absolute atomic E-state index is 12.2. The molecule has 148 valence electrons. The Bertz CT molecular complexity index is 548. The molecule has 1 unspecified atom stereocenters. The van der Waals surface area contributed by atoms with Gasteiger partial charge in [-0.15, -0.1) is 24.8 Å². The zero-order valence-corrected chi connectivity index (χ0v) is 16.5. The largest absolute Gasteiger partial charge is 0.393 e. The Kier molecular flexibility index (Phi) is 10.5. The number of aliphatic hydroxyl groups excluding tert-OH is 1. The summed E-state index contributed by atoms with van der Waals surface area (Å²) in [6.07, 6.45) is 1.13. The van der Waals surface area contributed by atoms with Crippen LogP contribution in [0.2, 0.25) is 0 Å². The number of carbonyl (C=O) groups excluding carboxylic acids is 1. The molecule has 0 aliphatic carbocycles. The Hall–Kier alpha value is -0.890. The number of nitrogens with one attached hydrogen (secondary N) is 2. The van der Waals surface area contributed by atoms with Crippen LogP contribution in [-0.2, 0) is 22.6 Å². The number of hydrogen-bond donors (Lipinski definition) is 3. The number of benzene rings is 1. The SMILES string of the molecule is Cl.Cl.O=C(NCc1ccccc1CN1CCC(O)CC1)C1CNCCO1. The number of amides is 1. The first kappa shape index (κ1) is 23.1. The molecule has 0 radical (unpaired) electrons. The van der Waals surface area contributed by atoms with Crippen molar-refractivity contribution in [3.63, 3.8) is 0 Å². The topological polar surface area (TPSA) is 73.8 Å². The number of likely N-dealkylation sites (tertiary alicyclic amines) is 1. The summed E-state index contributed by atoms with van der Waals surface area (Å²) in [7, 11) is 0. The highest BCUT2D eigenvalue weighted by atomic mass is 35.5. The molecule has 0 saturated carbocycles. The van der Waals surface area contributed by atoms with E-state index in [1.807, 2.05) is 12.1 Å². The van der Waals surface area contributed by atoms with Crippen molar-refractivity contribution in [2.45, 2.75) is 38.1 Å². The lowest BCUT2D eigenvalue weighted by Crippen LogP contribution is -2.47. The molecule has 2 aliphatic heterocycles. The molecule has 1 atom stereocenters. The van der Waals surface area contributed by atoms with Gasteiger partial charge in [0.15, 0.2) is 0 Å². The fourth-order valence-electron chi connectivity index (χ4n) is 3.23. The van der Waals surface area contributed by atoms with Crippen molar-refractivity contribution >= 4 is 30.7 Å². The first-order chi connectivity index (χ1) is 11.7. The van der Waals surface area contributed by atoms with E-state index >= 15 is 0 Å². The molecular formula is C18H29Cl2N3O3. The Labute approximate surface area is 167 Å². The smallest absolute Gasteiger partial charge is 0.250 e. The van der Waals surface area contributed by atoms with Crippen LogP contribution in [-0.4, -0.2) is 60.9 Å². The van der Waals surface area contributed by atoms with Crippen LogP contribution >= 0.6 is 24.8 Å². The molecule has 3 N–H and O–H groups in total. The molecule has 0 spiro atoms. The van der Waals surface area contributed by atoms with Crippen LogP contribution in [0.25, 0.3) is 0 Å². The quantitative estimate of drug-likeness (QED) is 0.683. The second kappa shape index (κ2) is 11.7. The monoisotopic (exact) mass is 405 g/mol. The number of hydrogen-bond acceptors (Lipinski definition) is 5. The Morgan fingerprint density at radius 2 is 1.92 bits per heavy atom. The van der Waals surface area contributed by atoms with E-state index in [0.29, 0.717) is 19.7 Å². The highest BCUT2D eigenvalue weighted by molar-refractivity contribution is 5.85. The minimum absolute atomic E-state index is 0. The molecule has 2 fully saturated rings. The molecule has 1 aromatic rings. The van der Waals surface area contributed by atoms with Gasteiger partial charge in [-0.05, 0) is 24.0 Å². The van der Waals surface area contributed by atoms with Gasteiger partial charge in [0.1, 0.15) is 6.10 Å². The van der Waals surface area contributed by atoms with Crippen LogP contribution in [0.4, 0.5) is 0 Å². The fourth-order valence-corrected chi connectivity index (χ4v) is 3.23. The summed E-state index contributed by atoms with van der Waals surface area (Å²) in [6, 6.07) is 8.22. The number of aliphatic hydroxyl groups is 1. The van der Waals surface area contributed by atoms with E-state index in [4.69, 9.17) is 4.74 Å². The van der Waals surface area contributed by atoms with Crippen LogP contribution in [0.1, 0.15) is 24.0 Å². The van der Waals surface area contributed by atoms with Crippen molar-refractivity contribution in [2.75, 3.05) is 32.8 Å². The number of rotatable bonds is 5. The molecule has 0 bridgehead atoms. The summed E-state index contributed by atoms with van der Waals surface area (Å²) in [6.45, 7) is 5.18. The third-order valence-corrected chi connectivity index (χ3v) is 4.74. The van der Waals surface area contributed by atoms with Gasteiger partial charge in [-0.1, -0.05) is 24.3 Å². The highest BCUT2D eigenvalue weighted by Gasteiger charge is 2.22. The highest BCUT2D eigenvalue weighted by Crippen LogP contribution is 2.16. The van der Waals surface area contributed by atoms with Gasteiger partial charge in [0.25, 0.3) is 5.91 Å². The van der Waals surface area contributed by atoms with E-state index < -0.39 is 6.10 Å². The Morgan fingerprint density at radius 1 is 1.23 bits per heavy atom. The molecule has 1 amide bonds. The molecule has 2 aliphatic rings. The lowest BCUT2D eigenvalue weighted by atomic mass is 10.0. The van der Waals surface area contributed by atoms with E-state index in [0.717, 1.165) is 44.6 Å². The normalized spacial score (nSPS) is 21.3. The average Bonchev–Trinajstić information content (AvgIpc) is 2.63. The summed E-state index contributed by atoms with van der Waals surface area (Å²) in [5.41, 5.74) is 2.37. The molecule has 0 aromatic heterocycles. The van der Waals surface area contributed by atoms with Crippen molar-refractivity contribution in [2.24, 2.45) is 0 Å². The van der Waals surface area contributed by atoms with E-state index in [9.17, 15) is 9.90 Å². The number of halogens is 2. The number of carbonyl (C=O) groups is 1. The Balaban J connectivity index is 0.00000169. The molecule has 2 heterocycles. The van der Waals surface area contributed by atoms with Crippen LogP contribution in [0, 0.1) is 0 Å². The molecule has 3 rings (SSSR count). The third-order valence-electron chi connectivity index (χ3n) is 4.74. The van der Waals surface area contributed by atoms with Crippen LogP contribution in [0.3, 0.4) is 0 Å². The van der Waals surface area contributed by atoms with Gasteiger partial charge in [0.2, 0.25) is 0 Å². The maximum Gasteiger partial charge on any atom is 0.250 e. The minimum atomic E-state index is -0.394. The fraction of sp³-hybridized carbons (Fsp3) is 0.611. The first-order valence-electron chi connectivity index (χ1n) is 8.79. The van der Waals surface area contributed by atoms with Gasteiger partial charge in [-0.2, -0.15) is 0 Å². The molecule has 1 aromatic carbocycles. The van der Waals surface area contributed by atoms with E-state index in [-0.39, 0.29) is 36.8 Å². The second-order valence-electron chi connectivity index (χ2n) is 6.56. The maximum atomic E-state index is 12.2. The van der Waals surface area contributed by atoms with Gasteiger partial charge >= 0.3 is 0 Å². The van der Waals surface area contributed by atoms with E-state index in [2.05, 4.69) is 27.7 Å². The number of nitrogens with zero attached hydrogens (tertiary/aromatic N) is 1. The van der Waals surface area contributed by atoms with Crippen molar-refractivity contribution < 1.29 is 14.6 Å². The van der Waals surface area contributed by atoms with Crippen LogP contribution in [0.5, 0.6) is 0 Å². The predicted molar refractivity (Wildman–Crippen MR) is 106 cm³/mol. The molecule has 6 nitrogen and oxygen atoms in total. The van der Waals surface area contributed by atoms with E-state index in [1.165, 1.54) is 5.56 Å². The summed E-state index contributed by atoms with van der Waals surface area (Å²) in [5.74, 6) is -0.0573. The zero-order chi connectivity index (χ0) is 16.8. The first-order valence-corrected chi connectivity index (χ1v) is 8.79. The Morgan fingerprint density at radius 3 is 2.58 bits per heavy atom. The second-order valence-corrected chi connectivity index (χ2v) is 6.56. The lowest BCUT2D eigenvalue weighted by Gasteiger charge is -2.30. The van der Waals surface area contributed by atoms with E-state index in [1.54, 1.807) is 0 Å². The average molecular weight is 406 g/mol. The molecular weight excluding hydrogens is 377 g/mol. The summed E-state index contributed by atoms with van der Waals surface area (Å²) in [5, 5.41) is 15.8. The van der Waals surface area contributed by atoms with Crippen molar-refractivity contribution in [1.29, 1.82) is 0 Å². The minimum Gasteiger partial charge on any atom is -0.393 e. The van der Waals surface area contributed by atoms with Crippen molar-refractivity contribution in [3.05, 3.63) is 35.4 Å². The van der Waals surface area contributed by atoms with Crippen molar-refractivity contribution in [1.82, 2.24) is 15.5 Å². The van der Waals surface area contributed by atoms with Gasteiger partial charge in [0.05, 0.1) is 12.7 Å².